The minimum atomic E-state index is -5.14. The number of halogens is 6. The van der Waals surface area contributed by atoms with Gasteiger partial charge in [-0.3, -0.25) is 4.72 Å². The van der Waals surface area contributed by atoms with Crippen molar-refractivity contribution >= 4 is 21.4 Å². The largest absolute Gasteiger partial charge is 0.416 e. The molecule has 0 amide bonds. The van der Waals surface area contributed by atoms with Gasteiger partial charge in [0.25, 0.3) is 10.0 Å². The van der Waals surface area contributed by atoms with E-state index in [4.69, 9.17) is 0 Å². The summed E-state index contributed by atoms with van der Waals surface area (Å²) in [6.07, 6.45) is -7.08. The van der Waals surface area contributed by atoms with Gasteiger partial charge < -0.3 is 4.90 Å². The SMILES string of the molecule is O=S(=O)(Nc1ccc(N2CCCCC2)cc1)c1cc(C(F)(F)F)cc(C(F)(F)F)c1. The number of anilines is 2. The Balaban J connectivity index is 1.89. The summed E-state index contributed by atoms with van der Waals surface area (Å²) < 4.78 is 105. The summed E-state index contributed by atoms with van der Waals surface area (Å²) in [4.78, 5) is 0.995. The number of sulfonamides is 1. The lowest BCUT2D eigenvalue weighted by Gasteiger charge is -2.28. The number of nitrogens with zero attached hydrogens (tertiary/aromatic N) is 1. The van der Waals surface area contributed by atoms with Crippen LogP contribution in [0.4, 0.5) is 37.7 Å². The van der Waals surface area contributed by atoms with E-state index in [1.165, 1.54) is 12.1 Å². The molecule has 2 aromatic rings. The van der Waals surface area contributed by atoms with E-state index in [1.807, 2.05) is 4.72 Å². The molecular formula is C19H18F6N2O2S. The third kappa shape index (κ3) is 5.18. The maximum absolute atomic E-state index is 13.0. The van der Waals surface area contributed by atoms with Crippen molar-refractivity contribution < 1.29 is 34.8 Å². The summed E-state index contributed by atoms with van der Waals surface area (Å²) in [6.45, 7) is 1.71. The first-order valence-corrected chi connectivity index (χ1v) is 10.5. The molecule has 0 radical (unpaired) electrons. The van der Waals surface area contributed by atoms with Crippen molar-refractivity contribution in [2.24, 2.45) is 0 Å². The molecule has 1 aliphatic rings. The third-order valence-electron chi connectivity index (χ3n) is 4.71. The minimum Gasteiger partial charge on any atom is -0.372 e. The second-order valence-corrected chi connectivity index (χ2v) is 8.62. The molecule has 0 saturated carbocycles. The van der Waals surface area contributed by atoms with Gasteiger partial charge in [-0.2, -0.15) is 26.3 Å². The molecule has 30 heavy (non-hydrogen) atoms. The highest BCUT2D eigenvalue weighted by molar-refractivity contribution is 7.92. The minimum absolute atomic E-state index is 0.0294. The smallest absolute Gasteiger partial charge is 0.372 e. The van der Waals surface area contributed by atoms with Crippen LogP contribution in [-0.4, -0.2) is 21.5 Å². The summed E-state index contributed by atoms with van der Waals surface area (Å²) in [5, 5.41) is 0. The Morgan fingerprint density at radius 1 is 0.767 bits per heavy atom. The summed E-state index contributed by atoms with van der Waals surface area (Å²) in [6, 6.07) is 6.37. The number of hydrogen-bond donors (Lipinski definition) is 1. The molecule has 0 bridgehead atoms. The third-order valence-corrected chi connectivity index (χ3v) is 6.07. The molecule has 0 spiro atoms. The predicted molar refractivity (Wildman–Crippen MR) is 99.8 cm³/mol. The molecule has 1 saturated heterocycles. The molecule has 4 nitrogen and oxygen atoms in total. The normalized spacial score (nSPS) is 15.9. The van der Waals surface area contributed by atoms with Crippen LogP contribution >= 0.6 is 0 Å². The molecule has 2 aromatic carbocycles. The number of nitrogens with one attached hydrogen (secondary N) is 1. The van der Waals surface area contributed by atoms with Gasteiger partial charge in [0.05, 0.1) is 16.0 Å². The Bertz CT molecular complexity index is 963. The fraction of sp³-hybridized carbons (Fsp3) is 0.368. The molecular weight excluding hydrogens is 434 g/mol. The van der Waals surface area contributed by atoms with Crippen LogP contribution < -0.4 is 9.62 Å². The molecule has 1 N–H and O–H groups in total. The molecule has 0 aromatic heterocycles. The highest BCUT2D eigenvalue weighted by atomic mass is 32.2. The molecule has 0 aliphatic carbocycles. The van der Waals surface area contributed by atoms with Crippen LogP contribution in [0.25, 0.3) is 0 Å². The van der Waals surface area contributed by atoms with E-state index in [0.29, 0.717) is 0 Å². The van der Waals surface area contributed by atoms with Crippen LogP contribution in [0, 0.1) is 0 Å². The van der Waals surface area contributed by atoms with Gasteiger partial charge >= 0.3 is 12.4 Å². The Morgan fingerprint density at radius 3 is 1.73 bits per heavy atom. The Morgan fingerprint density at radius 2 is 1.27 bits per heavy atom. The summed E-state index contributed by atoms with van der Waals surface area (Å²) in [5.41, 5.74) is -2.51. The second-order valence-electron chi connectivity index (χ2n) is 6.94. The second kappa shape index (κ2) is 8.01. The maximum Gasteiger partial charge on any atom is 0.416 e. The number of alkyl halides is 6. The average molecular weight is 452 g/mol. The van der Waals surface area contributed by atoms with Crippen LogP contribution in [0.15, 0.2) is 47.4 Å². The summed E-state index contributed by atoms with van der Waals surface area (Å²) in [7, 11) is -4.68. The van der Waals surface area contributed by atoms with E-state index in [-0.39, 0.29) is 23.9 Å². The van der Waals surface area contributed by atoms with Gasteiger partial charge in [-0.25, -0.2) is 8.42 Å². The molecule has 3 rings (SSSR count). The van der Waals surface area contributed by atoms with Crippen molar-refractivity contribution in [1.82, 2.24) is 0 Å². The number of hydrogen-bond acceptors (Lipinski definition) is 3. The zero-order valence-electron chi connectivity index (χ0n) is 15.5. The quantitative estimate of drug-likeness (QED) is 0.622. The topological polar surface area (TPSA) is 49.4 Å². The van der Waals surface area contributed by atoms with Gasteiger partial charge in [0.1, 0.15) is 0 Å². The molecule has 1 aliphatic heterocycles. The number of benzene rings is 2. The summed E-state index contributed by atoms with van der Waals surface area (Å²) in [5.74, 6) is 0. The fourth-order valence-electron chi connectivity index (χ4n) is 3.19. The molecule has 1 fully saturated rings. The highest BCUT2D eigenvalue weighted by Crippen LogP contribution is 2.37. The van der Waals surface area contributed by atoms with Crippen LogP contribution in [-0.2, 0) is 22.4 Å². The van der Waals surface area contributed by atoms with Gasteiger partial charge in [0.2, 0.25) is 0 Å². The van der Waals surface area contributed by atoms with E-state index >= 15 is 0 Å². The first-order chi connectivity index (χ1) is 13.9. The number of rotatable bonds is 4. The van der Waals surface area contributed by atoms with Gasteiger partial charge in [-0.15, -0.1) is 0 Å². The number of piperidine rings is 1. The van der Waals surface area contributed by atoms with E-state index in [9.17, 15) is 34.8 Å². The van der Waals surface area contributed by atoms with E-state index in [0.717, 1.165) is 38.0 Å². The van der Waals surface area contributed by atoms with Crippen molar-refractivity contribution in [2.45, 2.75) is 36.5 Å². The van der Waals surface area contributed by atoms with E-state index in [1.54, 1.807) is 12.1 Å². The highest BCUT2D eigenvalue weighted by Gasteiger charge is 2.38. The van der Waals surface area contributed by atoms with Gasteiger partial charge in [-0.05, 0) is 61.7 Å². The van der Waals surface area contributed by atoms with Crippen molar-refractivity contribution in [2.75, 3.05) is 22.7 Å². The maximum atomic E-state index is 13.0. The molecule has 164 valence electrons. The summed E-state index contributed by atoms with van der Waals surface area (Å²) >= 11 is 0. The van der Waals surface area contributed by atoms with Crippen LogP contribution in [0.1, 0.15) is 30.4 Å². The zero-order chi connectivity index (χ0) is 22.2. The van der Waals surface area contributed by atoms with Gasteiger partial charge in [0, 0.05) is 24.5 Å². The lowest BCUT2D eigenvalue weighted by Crippen LogP contribution is -2.29. The van der Waals surface area contributed by atoms with Crippen molar-refractivity contribution in [3.63, 3.8) is 0 Å². The molecule has 0 atom stereocenters. The van der Waals surface area contributed by atoms with Gasteiger partial charge in [0.15, 0.2) is 0 Å². The van der Waals surface area contributed by atoms with Crippen LogP contribution in [0.2, 0.25) is 0 Å². The molecule has 11 heteroatoms. The first kappa shape index (κ1) is 22.3. The Hall–Kier alpha value is -2.43. The Labute approximate surface area is 169 Å². The predicted octanol–water partition coefficient (Wildman–Crippen LogP) is 5.52. The van der Waals surface area contributed by atoms with Crippen molar-refractivity contribution in [3.05, 3.63) is 53.6 Å². The van der Waals surface area contributed by atoms with E-state index < -0.39 is 38.4 Å². The molecule has 0 unspecified atom stereocenters. The zero-order valence-corrected chi connectivity index (χ0v) is 16.3. The van der Waals surface area contributed by atoms with Crippen LogP contribution in [0.3, 0.4) is 0 Å². The molecule has 1 heterocycles. The van der Waals surface area contributed by atoms with E-state index in [2.05, 4.69) is 4.90 Å². The monoisotopic (exact) mass is 452 g/mol. The fourth-order valence-corrected chi connectivity index (χ4v) is 4.32. The van der Waals surface area contributed by atoms with Crippen molar-refractivity contribution in [1.29, 1.82) is 0 Å². The lowest BCUT2D eigenvalue weighted by molar-refractivity contribution is -0.143. The van der Waals surface area contributed by atoms with Crippen molar-refractivity contribution in [3.8, 4) is 0 Å². The van der Waals surface area contributed by atoms with Crippen LogP contribution in [0.5, 0.6) is 0 Å². The Kier molecular flexibility index (Phi) is 5.94. The average Bonchev–Trinajstić information content (AvgIpc) is 2.67. The first-order valence-electron chi connectivity index (χ1n) is 9.03. The lowest BCUT2D eigenvalue weighted by atomic mass is 10.1. The van der Waals surface area contributed by atoms with Gasteiger partial charge in [-0.1, -0.05) is 0 Å². The standard InChI is InChI=1S/C19H18F6N2O2S/c20-18(21,22)13-10-14(19(23,24)25)12-17(11-13)30(28,29)26-15-4-6-16(7-5-15)27-8-2-1-3-9-27/h4-7,10-12,26H,1-3,8-9H2.